The third-order valence-electron chi connectivity index (χ3n) is 13.9. The molecule has 1 spiro atoms. The van der Waals surface area contributed by atoms with Crippen LogP contribution < -0.4 is 14.4 Å². The van der Waals surface area contributed by atoms with Crippen molar-refractivity contribution in [1.82, 2.24) is 19.6 Å². The number of ether oxygens (including phenoxy) is 1. The first-order valence-electron chi connectivity index (χ1n) is 22.2. The number of sulfonamides is 1. The first kappa shape index (κ1) is 43.0. The zero-order valence-corrected chi connectivity index (χ0v) is 36.8. The topological polar surface area (TPSA) is 151 Å². The first-order chi connectivity index (χ1) is 30.4. The molecule has 5 aromatic rings. The molecular weight excluding hydrogens is 843 g/mol. The number of nitro benzene ring substituents is 1. The number of hydrogen-bond donors (Lipinski definition) is 2. The number of aryl methyl sites for hydroxylation is 1. The number of hydrogen-bond acceptors (Lipinski definition) is 9. The summed E-state index contributed by atoms with van der Waals surface area (Å²) in [6.07, 6.45) is 17.2. The van der Waals surface area contributed by atoms with Crippen LogP contribution in [0, 0.1) is 27.3 Å². The molecule has 2 N–H and O–H groups in total. The number of halogens is 2. The van der Waals surface area contributed by atoms with Crippen LogP contribution in [0.5, 0.6) is 11.5 Å². The lowest BCUT2D eigenvalue weighted by molar-refractivity contribution is -0.385. The SMILES string of the molecule is O=C(NS(=O)(=O)c1ccc(CCC2CCCCC2)c([N+](=O)[O-])c1)c1ccc(N2CCN(CC3=C(c4ccc(Cl)cc4)CC4(CCC4)CC3)CC2)c(F)c1Oc1cnc2[nH]ccc2c1. The summed E-state index contributed by atoms with van der Waals surface area (Å²) < 4.78 is 52.5. The highest BCUT2D eigenvalue weighted by Gasteiger charge is 2.41. The molecular formula is C48H52ClFN6O6S. The summed E-state index contributed by atoms with van der Waals surface area (Å²) >= 11 is 6.27. The van der Waals surface area contributed by atoms with Gasteiger partial charge in [-0.1, -0.05) is 73.9 Å². The Labute approximate surface area is 372 Å². The lowest BCUT2D eigenvalue weighted by atomic mass is 9.59. The van der Waals surface area contributed by atoms with Gasteiger partial charge in [-0.2, -0.15) is 0 Å². The van der Waals surface area contributed by atoms with Gasteiger partial charge in [-0.15, -0.1) is 0 Å². The summed E-state index contributed by atoms with van der Waals surface area (Å²) in [6, 6.07) is 18.1. The van der Waals surface area contributed by atoms with Gasteiger partial charge in [0.15, 0.2) is 11.6 Å². The number of nitrogens with one attached hydrogen (secondary N) is 2. The maximum atomic E-state index is 17.0. The molecule has 330 valence electrons. The summed E-state index contributed by atoms with van der Waals surface area (Å²) in [5, 5.41) is 13.5. The minimum Gasteiger partial charge on any atom is -0.452 e. The predicted octanol–water partition coefficient (Wildman–Crippen LogP) is 10.6. The molecule has 3 heterocycles. The van der Waals surface area contributed by atoms with Gasteiger partial charge >= 0.3 is 0 Å². The molecule has 3 aliphatic carbocycles. The molecule has 2 aromatic heterocycles. The van der Waals surface area contributed by atoms with Crippen molar-refractivity contribution in [3.05, 3.63) is 122 Å². The van der Waals surface area contributed by atoms with Gasteiger partial charge in [-0.05, 0) is 110 Å². The molecule has 12 nitrogen and oxygen atoms in total. The Hall–Kier alpha value is -5.31. The van der Waals surface area contributed by atoms with E-state index >= 15 is 4.39 Å². The molecule has 1 amide bonds. The van der Waals surface area contributed by atoms with Crippen LogP contribution in [-0.2, 0) is 16.4 Å². The van der Waals surface area contributed by atoms with Crippen molar-refractivity contribution in [1.29, 1.82) is 0 Å². The fourth-order valence-corrected chi connectivity index (χ4v) is 11.2. The monoisotopic (exact) mass is 894 g/mol. The van der Waals surface area contributed by atoms with Crippen LogP contribution in [0.3, 0.4) is 0 Å². The standard InChI is InChI=1S/C48H52ClFN6O6S/c49-37-12-9-33(10-13-37)41-29-48(19-4-20-48)21-17-36(41)31-54-23-25-55(26-24-54)42-16-15-40(45(44(42)50)62-38-27-35-18-22-51-46(35)52-30-38)47(57)53-63(60,61)39-14-11-34(43(28-39)56(58)59)8-7-32-5-2-1-3-6-32/h9-16,18,22,27-28,30,32H,1-8,17,19-21,23-26,29,31H2,(H,51,52)(H,53,57). The van der Waals surface area contributed by atoms with Gasteiger partial charge in [0.2, 0.25) is 0 Å². The molecule has 0 unspecified atom stereocenters. The number of piperazine rings is 1. The van der Waals surface area contributed by atoms with Crippen molar-refractivity contribution in [3.8, 4) is 11.5 Å². The van der Waals surface area contributed by atoms with E-state index in [9.17, 15) is 23.3 Å². The molecule has 3 fully saturated rings. The highest BCUT2D eigenvalue weighted by molar-refractivity contribution is 7.90. The second-order valence-electron chi connectivity index (χ2n) is 17.9. The quantitative estimate of drug-likeness (QED) is 0.0869. The number of allylic oxidation sites excluding steroid dienone is 1. The van der Waals surface area contributed by atoms with Crippen LogP contribution in [-0.4, -0.2) is 66.8 Å². The molecule has 3 aromatic carbocycles. The van der Waals surface area contributed by atoms with Gasteiger partial charge in [0.1, 0.15) is 11.4 Å². The molecule has 15 heteroatoms. The number of rotatable bonds is 13. The first-order valence-corrected chi connectivity index (χ1v) is 24.0. The molecule has 0 bridgehead atoms. The lowest BCUT2D eigenvalue weighted by Crippen LogP contribution is -2.47. The number of nitro groups is 1. The number of aromatic nitrogens is 2. The molecule has 1 saturated heterocycles. The Kier molecular flexibility index (Phi) is 12.3. The Balaban J connectivity index is 0.945. The Morgan fingerprint density at radius 3 is 2.49 bits per heavy atom. The average Bonchev–Trinajstić information content (AvgIpc) is 3.75. The van der Waals surface area contributed by atoms with Gasteiger partial charge < -0.3 is 14.6 Å². The third kappa shape index (κ3) is 9.35. The number of pyridine rings is 1. The average molecular weight is 895 g/mol. The van der Waals surface area contributed by atoms with Gasteiger partial charge in [0.25, 0.3) is 21.6 Å². The number of nitrogens with zero attached hydrogens (tertiary/aromatic N) is 4. The predicted molar refractivity (Wildman–Crippen MR) is 242 cm³/mol. The second kappa shape index (κ2) is 18.1. The summed E-state index contributed by atoms with van der Waals surface area (Å²) in [7, 11) is -4.64. The van der Waals surface area contributed by atoms with Gasteiger partial charge in [0, 0.05) is 61.0 Å². The highest BCUT2D eigenvalue weighted by Crippen LogP contribution is 2.55. The number of carbonyl (C=O) groups excluding carboxylic acids is 1. The Morgan fingerprint density at radius 1 is 0.984 bits per heavy atom. The largest absolute Gasteiger partial charge is 0.452 e. The van der Waals surface area contributed by atoms with Crippen molar-refractivity contribution in [3.63, 3.8) is 0 Å². The summed E-state index contributed by atoms with van der Waals surface area (Å²) in [4.78, 5) is 36.7. The van der Waals surface area contributed by atoms with Gasteiger partial charge in [-0.3, -0.25) is 19.8 Å². The molecule has 9 rings (SSSR count). The smallest absolute Gasteiger partial charge is 0.273 e. The van der Waals surface area contributed by atoms with E-state index in [1.807, 2.05) is 21.8 Å². The molecule has 63 heavy (non-hydrogen) atoms. The number of H-pyrrole nitrogens is 1. The molecule has 1 aliphatic heterocycles. The fourth-order valence-electron chi connectivity index (χ4n) is 10.1. The number of aromatic amines is 1. The van der Waals surface area contributed by atoms with Crippen molar-refractivity contribution in [2.24, 2.45) is 11.3 Å². The van der Waals surface area contributed by atoms with E-state index in [0.717, 1.165) is 62.6 Å². The van der Waals surface area contributed by atoms with E-state index in [1.165, 1.54) is 79.3 Å². The highest BCUT2D eigenvalue weighted by atomic mass is 35.5. The van der Waals surface area contributed by atoms with E-state index in [2.05, 4.69) is 27.0 Å². The Morgan fingerprint density at radius 2 is 1.76 bits per heavy atom. The number of carbonyl (C=O) groups is 1. The van der Waals surface area contributed by atoms with Gasteiger partial charge in [-0.25, -0.2) is 22.5 Å². The van der Waals surface area contributed by atoms with Crippen LogP contribution in [0.2, 0.25) is 5.02 Å². The van der Waals surface area contributed by atoms with E-state index in [-0.39, 0.29) is 22.7 Å². The van der Waals surface area contributed by atoms with E-state index in [4.69, 9.17) is 16.3 Å². The normalized spacial score (nSPS) is 18.4. The lowest BCUT2D eigenvalue weighted by Gasteiger charge is -2.47. The van der Waals surface area contributed by atoms with Gasteiger partial charge in [0.05, 0.1) is 27.3 Å². The molecule has 2 saturated carbocycles. The van der Waals surface area contributed by atoms with Crippen LogP contribution in [0.25, 0.3) is 16.6 Å². The molecule has 0 atom stereocenters. The number of amides is 1. The van der Waals surface area contributed by atoms with Crippen LogP contribution in [0.1, 0.15) is 98.5 Å². The maximum Gasteiger partial charge on any atom is 0.273 e. The second-order valence-corrected chi connectivity index (χ2v) is 20.0. The van der Waals surface area contributed by atoms with Crippen molar-refractivity contribution < 1.29 is 27.3 Å². The molecule has 0 radical (unpaired) electrons. The zero-order valence-electron chi connectivity index (χ0n) is 35.2. The summed E-state index contributed by atoms with van der Waals surface area (Å²) in [6.45, 7) is 3.20. The van der Waals surface area contributed by atoms with E-state index in [0.29, 0.717) is 60.5 Å². The van der Waals surface area contributed by atoms with Crippen LogP contribution >= 0.6 is 11.6 Å². The maximum absolute atomic E-state index is 17.0. The zero-order chi connectivity index (χ0) is 43.7. The number of anilines is 1. The van der Waals surface area contributed by atoms with Crippen molar-refractivity contribution in [2.75, 3.05) is 37.6 Å². The van der Waals surface area contributed by atoms with E-state index in [1.54, 1.807) is 18.3 Å². The minimum atomic E-state index is -4.64. The van der Waals surface area contributed by atoms with Crippen molar-refractivity contribution >= 4 is 55.5 Å². The minimum absolute atomic E-state index is 0.139. The summed E-state index contributed by atoms with van der Waals surface area (Å²) in [5.74, 6) is -1.83. The number of fused-ring (bicyclic) bond motifs is 1. The summed E-state index contributed by atoms with van der Waals surface area (Å²) in [5.41, 5.74) is 5.06. The molecule has 4 aliphatic rings. The van der Waals surface area contributed by atoms with E-state index < -0.39 is 37.3 Å². The van der Waals surface area contributed by atoms with Crippen LogP contribution in [0.15, 0.2) is 89.6 Å². The number of benzene rings is 3. The van der Waals surface area contributed by atoms with Crippen molar-refractivity contribution in [2.45, 2.75) is 88.4 Å². The Bertz CT molecular complexity index is 2670. The van der Waals surface area contributed by atoms with Crippen LogP contribution in [0.4, 0.5) is 15.8 Å². The third-order valence-corrected chi connectivity index (χ3v) is 15.5. The fraction of sp³-hybridized carbons (Fsp3) is 0.417.